The van der Waals surface area contributed by atoms with Gasteiger partial charge < -0.3 is 15.2 Å². The standard InChI is InChI=1S/C17H13Cl3N2O5/c1-22(8-15(23)24)17(26)27-14-5-2-9(18)6-11(14)16(25)21-10-3-4-12(19)13(20)7-10/h2-7H,8H2,1H3,(H,21,25)(H,23,24). The van der Waals surface area contributed by atoms with Gasteiger partial charge in [0.2, 0.25) is 0 Å². The molecule has 0 unspecified atom stereocenters. The Morgan fingerprint density at radius 1 is 1.07 bits per heavy atom. The van der Waals surface area contributed by atoms with Gasteiger partial charge in [0.15, 0.2) is 0 Å². The Balaban J connectivity index is 2.23. The van der Waals surface area contributed by atoms with Crippen molar-refractivity contribution >= 4 is 58.5 Å². The number of carbonyl (C=O) groups is 3. The summed E-state index contributed by atoms with van der Waals surface area (Å²) in [5, 5.41) is 12.1. The van der Waals surface area contributed by atoms with Gasteiger partial charge in [0, 0.05) is 17.8 Å². The number of carbonyl (C=O) groups excluding carboxylic acids is 2. The third kappa shape index (κ3) is 5.75. The lowest BCUT2D eigenvalue weighted by Gasteiger charge is -2.16. The normalized spacial score (nSPS) is 10.2. The number of carboxylic acids is 1. The molecular formula is C17H13Cl3N2O5. The van der Waals surface area contributed by atoms with Crippen LogP contribution in [0.25, 0.3) is 0 Å². The number of amides is 2. The molecule has 0 saturated heterocycles. The van der Waals surface area contributed by atoms with E-state index in [-0.39, 0.29) is 21.4 Å². The van der Waals surface area contributed by atoms with Gasteiger partial charge in [-0.2, -0.15) is 0 Å². The molecule has 0 aliphatic heterocycles. The zero-order chi connectivity index (χ0) is 20.1. The lowest BCUT2D eigenvalue weighted by Crippen LogP contribution is -2.34. The lowest BCUT2D eigenvalue weighted by molar-refractivity contribution is -0.137. The maximum atomic E-state index is 12.6. The maximum Gasteiger partial charge on any atom is 0.415 e. The summed E-state index contributed by atoms with van der Waals surface area (Å²) >= 11 is 17.7. The van der Waals surface area contributed by atoms with Crippen molar-refractivity contribution in [3.05, 3.63) is 57.0 Å². The van der Waals surface area contributed by atoms with Crippen LogP contribution in [0.1, 0.15) is 10.4 Å². The summed E-state index contributed by atoms with van der Waals surface area (Å²) in [5.41, 5.74) is 0.347. The molecule has 0 saturated carbocycles. The fourth-order valence-corrected chi connectivity index (χ4v) is 2.45. The second-order valence-electron chi connectivity index (χ2n) is 5.34. The molecule has 2 N–H and O–H groups in total. The van der Waals surface area contributed by atoms with Crippen LogP contribution in [0.3, 0.4) is 0 Å². The highest BCUT2D eigenvalue weighted by Gasteiger charge is 2.20. The molecule has 0 atom stereocenters. The van der Waals surface area contributed by atoms with Gasteiger partial charge >= 0.3 is 12.1 Å². The number of aliphatic carboxylic acids is 1. The molecule has 0 fully saturated rings. The topological polar surface area (TPSA) is 95.9 Å². The van der Waals surface area contributed by atoms with Gasteiger partial charge in [0.05, 0.1) is 15.6 Å². The highest BCUT2D eigenvalue weighted by atomic mass is 35.5. The molecule has 0 spiro atoms. The zero-order valence-corrected chi connectivity index (χ0v) is 16.1. The van der Waals surface area contributed by atoms with Crippen molar-refractivity contribution in [1.29, 1.82) is 0 Å². The summed E-state index contributed by atoms with van der Waals surface area (Å²) in [6, 6.07) is 8.59. The molecule has 0 heterocycles. The summed E-state index contributed by atoms with van der Waals surface area (Å²) in [5.74, 6) is -1.90. The third-order valence-corrected chi connectivity index (χ3v) is 4.22. The fraction of sp³-hybridized carbons (Fsp3) is 0.118. The van der Waals surface area contributed by atoms with Gasteiger partial charge in [-0.1, -0.05) is 34.8 Å². The van der Waals surface area contributed by atoms with Crippen LogP contribution in [0.5, 0.6) is 5.75 Å². The van der Waals surface area contributed by atoms with Crippen molar-refractivity contribution in [1.82, 2.24) is 4.90 Å². The summed E-state index contributed by atoms with van der Waals surface area (Å²) in [6.07, 6.45) is -0.941. The number of nitrogens with zero attached hydrogens (tertiary/aromatic N) is 1. The van der Waals surface area contributed by atoms with Crippen LogP contribution in [-0.2, 0) is 4.79 Å². The molecule has 0 aliphatic rings. The number of likely N-dealkylation sites (N-methyl/N-ethyl adjacent to an activating group) is 1. The third-order valence-electron chi connectivity index (χ3n) is 3.25. The highest BCUT2D eigenvalue weighted by Crippen LogP contribution is 2.27. The van der Waals surface area contributed by atoms with Gasteiger partial charge in [0.25, 0.3) is 5.91 Å². The van der Waals surface area contributed by atoms with Crippen LogP contribution in [-0.4, -0.2) is 41.6 Å². The minimum atomic E-state index is -1.21. The van der Waals surface area contributed by atoms with Crippen molar-refractivity contribution < 1.29 is 24.2 Å². The van der Waals surface area contributed by atoms with E-state index in [9.17, 15) is 14.4 Å². The predicted octanol–water partition coefficient (Wildman–Crippen LogP) is 4.41. The molecule has 27 heavy (non-hydrogen) atoms. The van der Waals surface area contributed by atoms with Crippen molar-refractivity contribution in [3.63, 3.8) is 0 Å². The minimum absolute atomic E-state index is 0.0225. The van der Waals surface area contributed by atoms with Crippen molar-refractivity contribution in [2.75, 3.05) is 18.9 Å². The number of hydrogen-bond donors (Lipinski definition) is 2. The van der Waals surface area contributed by atoms with Gasteiger partial charge in [-0.15, -0.1) is 0 Å². The van der Waals surface area contributed by atoms with Crippen LogP contribution >= 0.6 is 34.8 Å². The average Bonchev–Trinajstić information content (AvgIpc) is 2.59. The molecular weight excluding hydrogens is 419 g/mol. The number of rotatable bonds is 5. The van der Waals surface area contributed by atoms with E-state index >= 15 is 0 Å². The quantitative estimate of drug-likeness (QED) is 0.731. The molecule has 7 nitrogen and oxygen atoms in total. The molecule has 2 aromatic carbocycles. The summed E-state index contributed by atoms with van der Waals surface area (Å²) in [6.45, 7) is -0.558. The Morgan fingerprint density at radius 3 is 2.41 bits per heavy atom. The van der Waals surface area contributed by atoms with Crippen LogP contribution < -0.4 is 10.1 Å². The van der Waals surface area contributed by atoms with E-state index in [4.69, 9.17) is 44.6 Å². The Hall–Kier alpha value is -2.48. The zero-order valence-electron chi connectivity index (χ0n) is 13.8. The van der Waals surface area contributed by atoms with Crippen LogP contribution in [0.15, 0.2) is 36.4 Å². The molecule has 142 valence electrons. The number of carboxylic acid groups (broad SMARTS) is 1. The van der Waals surface area contributed by atoms with E-state index in [0.29, 0.717) is 10.7 Å². The van der Waals surface area contributed by atoms with Crippen molar-refractivity contribution in [2.45, 2.75) is 0 Å². The van der Waals surface area contributed by atoms with E-state index < -0.39 is 24.5 Å². The lowest BCUT2D eigenvalue weighted by atomic mass is 10.2. The number of anilines is 1. The number of ether oxygens (including phenoxy) is 1. The van der Waals surface area contributed by atoms with Crippen molar-refractivity contribution in [3.8, 4) is 5.75 Å². The van der Waals surface area contributed by atoms with Crippen LogP contribution in [0.4, 0.5) is 10.5 Å². The van der Waals surface area contributed by atoms with Gasteiger partial charge in [-0.05, 0) is 36.4 Å². The molecule has 10 heteroatoms. The first-order valence-corrected chi connectivity index (χ1v) is 8.51. The average molecular weight is 432 g/mol. The number of benzene rings is 2. The van der Waals surface area contributed by atoms with E-state index in [1.807, 2.05) is 0 Å². The highest BCUT2D eigenvalue weighted by molar-refractivity contribution is 6.42. The molecule has 2 aromatic rings. The first-order chi connectivity index (χ1) is 12.7. The van der Waals surface area contributed by atoms with E-state index in [1.165, 1.54) is 37.4 Å². The van der Waals surface area contributed by atoms with E-state index in [0.717, 1.165) is 4.90 Å². The molecule has 2 amide bonds. The molecule has 0 bridgehead atoms. The number of hydrogen-bond acceptors (Lipinski definition) is 4. The predicted molar refractivity (Wildman–Crippen MR) is 102 cm³/mol. The monoisotopic (exact) mass is 430 g/mol. The van der Waals surface area contributed by atoms with Crippen molar-refractivity contribution in [2.24, 2.45) is 0 Å². The Labute approximate surface area is 169 Å². The Bertz CT molecular complexity index is 904. The molecule has 2 rings (SSSR count). The fourth-order valence-electron chi connectivity index (χ4n) is 1.98. The van der Waals surface area contributed by atoms with E-state index in [2.05, 4.69) is 5.32 Å². The van der Waals surface area contributed by atoms with Crippen LogP contribution in [0.2, 0.25) is 15.1 Å². The molecule has 0 aliphatic carbocycles. The number of nitrogens with one attached hydrogen (secondary N) is 1. The first kappa shape index (κ1) is 20.8. The smallest absolute Gasteiger partial charge is 0.415 e. The molecule has 0 aromatic heterocycles. The Morgan fingerprint density at radius 2 is 1.78 bits per heavy atom. The van der Waals surface area contributed by atoms with E-state index in [1.54, 1.807) is 6.07 Å². The second kappa shape index (κ2) is 8.94. The number of halogens is 3. The summed E-state index contributed by atoms with van der Waals surface area (Å²) in [7, 11) is 1.25. The second-order valence-corrected chi connectivity index (χ2v) is 6.59. The minimum Gasteiger partial charge on any atom is -0.480 e. The SMILES string of the molecule is CN(CC(=O)O)C(=O)Oc1ccc(Cl)cc1C(=O)Nc1ccc(Cl)c(Cl)c1. The summed E-state index contributed by atoms with van der Waals surface area (Å²) in [4.78, 5) is 36.1. The maximum absolute atomic E-state index is 12.6. The summed E-state index contributed by atoms with van der Waals surface area (Å²) < 4.78 is 5.12. The Kier molecular flexibility index (Phi) is 6.90. The molecule has 0 radical (unpaired) electrons. The van der Waals surface area contributed by atoms with Crippen LogP contribution in [0, 0.1) is 0 Å². The largest absolute Gasteiger partial charge is 0.480 e. The van der Waals surface area contributed by atoms with Gasteiger partial charge in [0.1, 0.15) is 12.3 Å². The van der Waals surface area contributed by atoms with Gasteiger partial charge in [-0.25, -0.2) is 4.79 Å². The first-order valence-electron chi connectivity index (χ1n) is 7.38. The van der Waals surface area contributed by atoms with Gasteiger partial charge in [-0.3, -0.25) is 14.5 Å².